The van der Waals surface area contributed by atoms with Gasteiger partial charge < -0.3 is 15.1 Å². The molecule has 1 aliphatic carbocycles. The molecule has 3 amide bonds. The number of carbonyl (C=O) groups is 3. The smallest absolute Gasteiger partial charge is 0.253 e. The van der Waals surface area contributed by atoms with E-state index in [1.54, 1.807) is 24.3 Å². The monoisotopic (exact) mass is 371 g/mol. The fourth-order valence-corrected chi connectivity index (χ4v) is 3.63. The molecule has 27 heavy (non-hydrogen) atoms. The highest BCUT2D eigenvalue weighted by molar-refractivity contribution is 5.96. The van der Waals surface area contributed by atoms with E-state index in [0.717, 1.165) is 6.54 Å². The number of carbonyl (C=O) groups excluding carboxylic acids is 3. The molecule has 0 unspecified atom stereocenters. The van der Waals surface area contributed by atoms with E-state index in [1.165, 1.54) is 19.8 Å². The summed E-state index contributed by atoms with van der Waals surface area (Å²) >= 11 is 0. The zero-order valence-electron chi connectivity index (χ0n) is 16.4. The minimum absolute atomic E-state index is 0.0585. The number of rotatable bonds is 5. The zero-order valence-corrected chi connectivity index (χ0v) is 16.4. The summed E-state index contributed by atoms with van der Waals surface area (Å²) in [6.45, 7) is 7.54. The van der Waals surface area contributed by atoms with Gasteiger partial charge in [-0.05, 0) is 48.9 Å². The van der Waals surface area contributed by atoms with Crippen LogP contribution in [-0.2, 0) is 9.59 Å². The first kappa shape index (κ1) is 19.4. The van der Waals surface area contributed by atoms with Crippen LogP contribution >= 0.6 is 0 Å². The largest absolute Gasteiger partial charge is 0.337 e. The summed E-state index contributed by atoms with van der Waals surface area (Å²) in [4.78, 5) is 40.7. The Morgan fingerprint density at radius 3 is 2.41 bits per heavy atom. The number of nitrogens with zero attached hydrogens (tertiary/aromatic N) is 2. The first-order valence-corrected chi connectivity index (χ1v) is 9.81. The van der Waals surface area contributed by atoms with E-state index >= 15 is 0 Å². The van der Waals surface area contributed by atoms with Crippen molar-refractivity contribution in [3.63, 3.8) is 0 Å². The fourth-order valence-electron chi connectivity index (χ4n) is 3.63. The molecule has 2 fully saturated rings. The topological polar surface area (TPSA) is 69.7 Å². The van der Waals surface area contributed by atoms with Gasteiger partial charge in [-0.1, -0.05) is 13.8 Å². The van der Waals surface area contributed by atoms with E-state index in [1.807, 2.05) is 9.80 Å². The third-order valence-electron chi connectivity index (χ3n) is 5.38. The van der Waals surface area contributed by atoms with Crippen LogP contribution in [0.25, 0.3) is 0 Å². The van der Waals surface area contributed by atoms with Crippen molar-refractivity contribution in [2.24, 2.45) is 11.8 Å². The van der Waals surface area contributed by atoms with Gasteiger partial charge >= 0.3 is 0 Å². The maximum atomic E-state index is 13.0. The molecule has 1 aromatic rings. The lowest BCUT2D eigenvalue weighted by molar-refractivity contribution is -0.133. The molecule has 0 aromatic heterocycles. The van der Waals surface area contributed by atoms with Gasteiger partial charge in [-0.3, -0.25) is 14.4 Å². The van der Waals surface area contributed by atoms with E-state index in [4.69, 9.17) is 0 Å². The summed E-state index contributed by atoms with van der Waals surface area (Å²) in [6, 6.07) is 6.98. The van der Waals surface area contributed by atoms with Crippen LogP contribution in [0.15, 0.2) is 24.3 Å². The molecule has 6 nitrogen and oxygen atoms in total. The van der Waals surface area contributed by atoms with Crippen molar-refractivity contribution in [3.8, 4) is 0 Å². The Morgan fingerprint density at radius 2 is 1.85 bits per heavy atom. The number of hydrogen-bond donors (Lipinski definition) is 1. The highest BCUT2D eigenvalue weighted by atomic mass is 16.2. The minimum Gasteiger partial charge on any atom is -0.337 e. The van der Waals surface area contributed by atoms with Gasteiger partial charge in [0.2, 0.25) is 11.8 Å². The normalized spacial score (nSPS) is 20.6. The summed E-state index contributed by atoms with van der Waals surface area (Å²) in [5, 5.41) is 2.70. The lowest BCUT2D eigenvalue weighted by atomic mass is 10.0. The molecule has 3 rings (SSSR count). The molecule has 0 radical (unpaired) electrons. The van der Waals surface area contributed by atoms with Crippen LogP contribution in [-0.4, -0.2) is 53.2 Å². The first-order valence-electron chi connectivity index (χ1n) is 9.81. The van der Waals surface area contributed by atoms with Crippen LogP contribution in [0.1, 0.15) is 50.4 Å². The third-order valence-corrected chi connectivity index (χ3v) is 5.38. The molecular formula is C21H29N3O3. The summed E-state index contributed by atoms with van der Waals surface area (Å²) in [5.41, 5.74) is 1.25. The molecule has 1 saturated carbocycles. The van der Waals surface area contributed by atoms with Gasteiger partial charge in [-0.2, -0.15) is 0 Å². The average molecular weight is 371 g/mol. The third kappa shape index (κ3) is 4.87. The second-order valence-corrected chi connectivity index (χ2v) is 8.06. The van der Waals surface area contributed by atoms with E-state index in [0.29, 0.717) is 42.6 Å². The number of benzene rings is 1. The maximum absolute atomic E-state index is 13.0. The zero-order chi connectivity index (χ0) is 19.6. The van der Waals surface area contributed by atoms with Crippen LogP contribution in [0.5, 0.6) is 0 Å². The Kier molecular flexibility index (Phi) is 5.82. The van der Waals surface area contributed by atoms with Crippen molar-refractivity contribution in [1.29, 1.82) is 0 Å². The fraction of sp³-hybridized carbons (Fsp3) is 0.571. The summed E-state index contributed by atoms with van der Waals surface area (Å²) < 4.78 is 0. The van der Waals surface area contributed by atoms with E-state index in [2.05, 4.69) is 19.2 Å². The maximum Gasteiger partial charge on any atom is 0.253 e. The Hall–Kier alpha value is -2.37. The van der Waals surface area contributed by atoms with Crippen LogP contribution in [0.4, 0.5) is 5.69 Å². The van der Waals surface area contributed by atoms with Gasteiger partial charge in [0.05, 0.1) is 6.04 Å². The predicted octanol–water partition coefficient (Wildman–Crippen LogP) is 2.75. The molecule has 2 aliphatic rings. The average Bonchev–Trinajstić information content (AvgIpc) is 3.44. The van der Waals surface area contributed by atoms with Crippen molar-refractivity contribution >= 4 is 23.4 Å². The molecule has 1 aromatic carbocycles. The van der Waals surface area contributed by atoms with Crippen LogP contribution in [0, 0.1) is 11.8 Å². The first-order chi connectivity index (χ1) is 12.8. The summed E-state index contributed by atoms with van der Waals surface area (Å²) in [7, 11) is 0. The highest BCUT2D eigenvalue weighted by Crippen LogP contribution is 2.32. The molecule has 1 saturated heterocycles. The molecule has 1 atom stereocenters. The molecular weight excluding hydrogens is 342 g/mol. The highest BCUT2D eigenvalue weighted by Gasteiger charge is 2.36. The quantitative estimate of drug-likeness (QED) is 0.865. The summed E-state index contributed by atoms with van der Waals surface area (Å²) in [6.07, 6.45) is 2.79. The minimum atomic E-state index is -0.143. The van der Waals surface area contributed by atoms with Crippen molar-refractivity contribution in [3.05, 3.63) is 29.8 Å². The Morgan fingerprint density at radius 1 is 1.19 bits per heavy atom. The predicted molar refractivity (Wildman–Crippen MR) is 104 cm³/mol. The van der Waals surface area contributed by atoms with Gasteiger partial charge in [0.25, 0.3) is 5.91 Å². The standard InChI is InChI=1S/C21H29N3O3/c1-14(2)19-13-23(11-10-20(26)24(19)12-16-4-5-16)21(27)17-6-8-18(9-7-17)22-15(3)25/h6-9,14,16,19H,4-5,10-13H2,1-3H3,(H,22,25)/t19-/m0/s1. The van der Waals surface area contributed by atoms with Crippen molar-refractivity contribution in [1.82, 2.24) is 9.80 Å². The number of hydrogen-bond acceptors (Lipinski definition) is 3. The van der Waals surface area contributed by atoms with Crippen molar-refractivity contribution in [2.75, 3.05) is 25.0 Å². The van der Waals surface area contributed by atoms with E-state index in [9.17, 15) is 14.4 Å². The van der Waals surface area contributed by atoms with E-state index < -0.39 is 0 Å². The Labute approximate surface area is 160 Å². The van der Waals surface area contributed by atoms with Crippen LogP contribution in [0.3, 0.4) is 0 Å². The van der Waals surface area contributed by atoms with Gasteiger partial charge in [-0.25, -0.2) is 0 Å². The SMILES string of the molecule is CC(=O)Nc1ccc(C(=O)N2CCC(=O)N(CC3CC3)[C@H](C(C)C)C2)cc1. The lowest BCUT2D eigenvalue weighted by Gasteiger charge is -2.34. The number of anilines is 1. The molecule has 0 bridgehead atoms. The Balaban J connectivity index is 1.74. The van der Waals surface area contributed by atoms with Crippen molar-refractivity contribution in [2.45, 2.75) is 46.1 Å². The number of amides is 3. The summed E-state index contributed by atoms with van der Waals surface area (Å²) in [5.74, 6) is 0.894. The van der Waals surface area contributed by atoms with Crippen LogP contribution < -0.4 is 5.32 Å². The van der Waals surface area contributed by atoms with Gasteiger partial charge in [0.15, 0.2) is 0 Å². The van der Waals surface area contributed by atoms with Gasteiger partial charge in [0, 0.05) is 44.2 Å². The Bertz CT molecular complexity index is 710. The van der Waals surface area contributed by atoms with Gasteiger partial charge in [-0.15, -0.1) is 0 Å². The second-order valence-electron chi connectivity index (χ2n) is 8.06. The molecule has 1 aliphatic heterocycles. The molecule has 1 N–H and O–H groups in total. The van der Waals surface area contributed by atoms with E-state index in [-0.39, 0.29) is 23.8 Å². The molecule has 146 valence electrons. The van der Waals surface area contributed by atoms with Gasteiger partial charge in [0.1, 0.15) is 0 Å². The molecule has 1 heterocycles. The number of nitrogens with one attached hydrogen (secondary N) is 1. The van der Waals surface area contributed by atoms with Crippen molar-refractivity contribution < 1.29 is 14.4 Å². The molecule has 6 heteroatoms. The lowest BCUT2D eigenvalue weighted by Crippen LogP contribution is -2.48. The molecule has 0 spiro atoms. The second kappa shape index (κ2) is 8.11. The van der Waals surface area contributed by atoms with Crippen LogP contribution in [0.2, 0.25) is 0 Å².